The summed E-state index contributed by atoms with van der Waals surface area (Å²) in [5.74, 6) is -1.23. The fraction of sp³-hybridized carbons (Fsp3) is 0.292. The van der Waals surface area contributed by atoms with Gasteiger partial charge in [-0.15, -0.1) is 0 Å². The van der Waals surface area contributed by atoms with Crippen LogP contribution in [0.3, 0.4) is 0 Å². The van der Waals surface area contributed by atoms with E-state index in [1.54, 1.807) is 42.7 Å². The van der Waals surface area contributed by atoms with Crippen molar-refractivity contribution in [1.29, 1.82) is 0 Å². The van der Waals surface area contributed by atoms with Crippen LogP contribution in [0.25, 0.3) is 0 Å². The number of rotatable bonds is 13. The molecule has 11 heteroatoms. The number of carbonyl (C=O) groups excluding carboxylic acids is 1. The second-order valence-electron chi connectivity index (χ2n) is 7.81. The lowest BCUT2D eigenvalue weighted by atomic mass is 10.1. The quantitative estimate of drug-likeness (QED) is 0.233. The summed E-state index contributed by atoms with van der Waals surface area (Å²) < 4.78 is 24.9. The zero-order chi connectivity index (χ0) is 25.0. The maximum atomic E-state index is 14.5. The number of benzene rings is 2. The monoisotopic (exact) mass is 485 g/mol. The molecule has 2 atom stereocenters. The molecular formula is C24H28FN5O5. The zero-order valence-electron chi connectivity index (χ0n) is 19.2. The molecule has 0 saturated heterocycles. The molecule has 0 radical (unpaired) electrons. The third-order valence-corrected chi connectivity index (χ3v) is 4.94. The van der Waals surface area contributed by atoms with Crippen molar-refractivity contribution in [3.05, 3.63) is 77.9 Å². The SMILES string of the molecule is CC(Cc1ccc(OCCC(NC(=O)OCc2ccccc2)C(=O)O)c(F)c1)NNc1ncc[nH]1. The summed E-state index contributed by atoms with van der Waals surface area (Å²) in [6.45, 7) is 1.83. The molecule has 0 fully saturated rings. The number of carboxylic acid groups (broad SMARTS) is 1. The number of carbonyl (C=O) groups is 2. The number of aromatic amines is 1. The van der Waals surface area contributed by atoms with Crippen LogP contribution in [0.4, 0.5) is 15.1 Å². The summed E-state index contributed by atoms with van der Waals surface area (Å²) in [5, 5.41) is 11.7. The summed E-state index contributed by atoms with van der Waals surface area (Å²) in [7, 11) is 0. The maximum absolute atomic E-state index is 14.5. The summed E-state index contributed by atoms with van der Waals surface area (Å²) in [5.41, 5.74) is 7.51. The standard InChI is InChI=1S/C24H28FN5O5/c1-16(29-30-23-26-10-11-27-23)13-18-7-8-21(19(25)14-18)34-12-9-20(22(31)32)28-24(33)35-15-17-5-3-2-4-6-17/h2-8,10-11,14,16,20,29H,9,12-13,15H2,1H3,(H,28,33)(H,31,32)(H2,26,27,30). The number of amides is 1. The number of aliphatic carboxylic acids is 1. The fourth-order valence-corrected chi connectivity index (χ4v) is 3.17. The fourth-order valence-electron chi connectivity index (χ4n) is 3.17. The molecule has 2 aromatic carbocycles. The molecule has 10 nitrogen and oxygen atoms in total. The van der Waals surface area contributed by atoms with Crippen LogP contribution in [0.2, 0.25) is 0 Å². The molecule has 186 valence electrons. The number of anilines is 1. The third kappa shape index (κ3) is 8.63. The Hall–Kier alpha value is -4.12. The van der Waals surface area contributed by atoms with E-state index in [0.717, 1.165) is 11.1 Å². The van der Waals surface area contributed by atoms with E-state index >= 15 is 0 Å². The van der Waals surface area contributed by atoms with Crippen LogP contribution in [-0.4, -0.2) is 45.8 Å². The Morgan fingerprint density at radius 3 is 2.66 bits per heavy atom. The lowest BCUT2D eigenvalue weighted by molar-refractivity contribution is -0.139. The summed E-state index contributed by atoms with van der Waals surface area (Å²) >= 11 is 0. The smallest absolute Gasteiger partial charge is 0.408 e. The minimum absolute atomic E-state index is 0.00105. The van der Waals surface area contributed by atoms with Crippen molar-refractivity contribution in [1.82, 2.24) is 20.7 Å². The first-order valence-corrected chi connectivity index (χ1v) is 11.0. The number of hydrazine groups is 1. The molecule has 0 spiro atoms. The Balaban J connectivity index is 1.42. The minimum Gasteiger partial charge on any atom is -0.490 e. The van der Waals surface area contributed by atoms with E-state index in [-0.39, 0.29) is 31.4 Å². The van der Waals surface area contributed by atoms with Gasteiger partial charge in [0.25, 0.3) is 0 Å². The number of nitrogens with zero attached hydrogens (tertiary/aromatic N) is 1. The Kier molecular flexibility index (Phi) is 9.43. The van der Waals surface area contributed by atoms with Gasteiger partial charge in [-0.05, 0) is 36.6 Å². The average Bonchev–Trinajstić information content (AvgIpc) is 3.36. The molecule has 1 amide bonds. The minimum atomic E-state index is -1.24. The molecule has 0 aliphatic heterocycles. The summed E-state index contributed by atoms with van der Waals surface area (Å²) in [6, 6.07) is 12.3. The van der Waals surface area contributed by atoms with E-state index in [4.69, 9.17) is 9.47 Å². The van der Waals surface area contributed by atoms with Crippen LogP contribution in [0.15, 0.2) is 60.9 Å². The van der Waals surface area contributed by atoms with Crippen LogP contribution in [0.5, 0.6) is 5.75 Å². The molecule has 0 aliphatic rings. The van der Waals surface area contributed by atoms with E-state index in [9.17, 15) is 19.1 Å². The number of ether oxygens (including phenoxy) is 2. The second kappa shape index (κ2) is 12.9. The van der Waals surface area contributed by atoms with Gasteiger partial charge in [0.1, 0.15) is 12.6 Å². The maximum Gasteiger partial charge on any atom is 0.408 e. The van der Waals surface area contributed by atoms with Crippen LogP contribution in [0.1, 0.15) is 24.5 Å². The number of hydrogen-bond donors (Lipinski definition) is 5. The van der Waals surface area contributed by atoms with Crippen LogP contribution in [0, 0.1) is 5.82 Å². The van der Waals surface area contributed by atoms with Gasteiger partial charge in [-0.2, -0.15) is 0 Å². The number of alkyl carbamates (subject to hydrolysis) is 1. The molecule has 0 saturated carbocycles. The molecule has 2 unspecified atom stereocenters. The number of imidazole rings is 1. The zero-order valence-corrected chi connectivity index (χ0v) is 19.2. The highest BCUT2D eigenvalue weighted by Crippen LogP contribution is 2.19. The number of aromatic nitrogens is 2. The van der Waals surface area contributed by atoms with Gasteiger partial charge >= 0.3 is 12.1 Å². The summed E-state index contributed by atoms with van der Waals surface area (Å²) in [4.78, 5) is 30.4. The molecule has 0 aliphatic carbocycles. The molecule has 1 heterocycles. The average molecular weight is 486 g/mol. The van der Waals surface area contributed by atoms with Crippen molar-refractivity contribution in [2.45, 2.75) is 38.5 Å². The highest BCUT2D eigenvalue weighted by atomic mass is 19.1. The first-order chi connectivity index (χ1) is 16.9. The Morgan fingerprint density at radius 1 is 1.17 bits per heavy atom. The normalized spacial score (nSPS) is 12.4. The van der Waals surface area contributed by atoms with Crippen LogP contribution >= 0.6 is 0 Å². The van der Waals surface area contributed by atoms with Crippen molar-refractivity contribution >= 4 is 18.0 Å². The van der Waals surface area contributed by atoms with Crippen molar-refractivity contribution in [2.75, 3.05) is 12.0 Å². The van der Waals surface area contributed by atoms with Crippen molar-refractivity contribution in [2.24, 2.45) is 0 Å². The van der Waals surface area contributed by atoms with E-state index in [2.05, 4.69) is 26.1 Å². The van der Waals surface area contributed by atoms with Gasteiger partial charge in [0, 0.05) is 24.9 Å². The van der Waals surface area contributed by atoms with Gasteiger partial charge in [0.05, 0.1) is 6.61 Å². The van der Waals surface area contributed by atoms with E-state index in [1.165, 1.54) is 12.1 Å². The first kappa shape index (κ1) is 25.5. The van der Waals surface area contributed by atoms with E-state index < -0.39 is 23.9 Å². The number of H-pyrrole nitrogens is 1. The lowest BCUT2D eigenvalue weighted by Gasteiger charge is -2.16. The van der Waals surface area contributed by atoms with E-state index in [0.29, 0.717) is 12.4 Å². The topological polar surface area (TPSA) is 138 Å². The first-order valence-electron chi connectivity index (χ1n) is 11.0. The molecule has 35 heavy (non-hydrogen) atoms. The van der Waals surface area contributed by atoms with Gasteiger partial charge in [0.15, 0.2) is 11.6 Å². The number of carboxylic acids is 1. The van der Waals surface area contributed by atoms with Gasteiger partial charge < -0.3 is 24.9 Å². The Labute approximate surface area is 201 Å². The van der Waals surface area contributed by atoms with Crippen molar-refractivity contribution in [3.8, 4) is 5.75 Å². The molecular weight excluding hydrogens is 457 g/mol. The van der Waals surface area contributed by atoms with Gasteiger partial charge in [-0.1, -0.05) is 36.4 Å². The predicted molar refractivity (Wildman–Crippen MR) is 126 cm³/mol. The largest absolute Gasteiger partial charge is 0.490 e. The lowest BCUT2D eigenvalue weighted by Crippen LogP contribution is -2.42. The molecule has 0 bridgehead atoms. The molecule has 1 aromatic heterocycles. The van der Waals surface area contributed by atoms with Crippen molar-refractivity contribution < 1.29 is 28.6 Å². The van der Waals surface area contributed by atoms with E-state index in [1.807, 2.05) is 13.0 Å². The van der Waals surface area contributed by atoms with Crippen molar-refractivity contribution in [3.63, 3.8) is 0 Å². The van der Waals surface area contributed by atoms with Crippen LogP contribution < -0.4 is 20.9 Å². The van der Waals surface area contributed by atoms with Crippen LogP contribution in [-0.2, 0) is 22.6 Å². The predicted octanol–water partition coefficient (Wildman–Crippen LogP) is 3.25. The summed E-state index contributed by atoms with van der Waals surface area (Å²) in [6.07, 6.45) is 2.92. The number of halogens is 1. The number of hydrogen-bond acceptors (Lipinski definition) is 7. The van der Waals surface area contributed by atoms with Gasteiger partial charge in [-0.3, -0.25) is 5.43 Å². The number of nitrogens with one attached hydrogen (secondary N) is 4. The van der Waals surface area contributed by atoms with Gasteiger partial charge in [-0.25, -0.2) is 24.4 Å². The Bertz CT molecular complexity index is 1080. The molecule has 3 rings (SSSR count). The van der Waals surface area contributed by atoms with Gasteiger partial charge in [0.2, 0.25) is 5.95 Å². The third-order valence-electron chi connectivity index (χ3n) is 4.94. The molecule has 3 aromatic rings. The second-order valence-corrected chi connectivity index (χ2v) is 7.81. The molecule has 5 N–H and O–H groups in total. The Morgan fingerprint density at radius 2 is 1.97 bits per heavy atom. The highest BCUT2D eigenvalue weighted by molar-refractivity contribution is 5.79. The highest BCUT2D eigenvalue weighted by Gasteiger charge is 2.21.